The third-order valence-electron chi connectivity index (χ3n) is 2.38. The van der Waals surface area contributed by atoms with E-state index in [0.29, 0.717) is 0 Å². The van der Waals surface area contributed by atoms with Gasteiger partial charge in [0.25, 0.3) is 0 Å². The van der Waals surface area contributed by atoms with Gasteiger partial charge in [0.1, 0.15) is 0 Å². The molecule has 12 heavy (non-hydrogen) atoms. The van der Waals surface area contributed by atoms with Crippen molar-refractivity contribution >= 4 is 5.57 Å². The second kappa shape index (κ2) is 2.49. The molecule has 2 rings (SSSR count). The predicted molar refractivity (Wildman–Crippen MR) is 48.4 cm³/mol. The average Bonchev–Trinajstić information content (AvgIpc) is 2.44. The summed E-state index contributed by atoms with van der Waals surface area (Å²) in [6.07, 6.45) is 0.818. The van der Waals surface area contributed by atoms with Crippen LogP contribution in [0.4, 0.5) is 0 Å². The third kappa shape index (κ3) is 0.853. The molecular weight excluding hydrogens is 146 g/mol. The second-order valence-electron chi connectivity index (χ2n) is 3.05. The summed E-state index contributed by atoms with van der Waals surface area (Å²) in [6.45, 7) is 2.02. The van der Waals surface area contributed by atoms with Crippen molar-refractivity contribution in [2.75, 3.05) is 0 Å². The van der Waals surface area contributed by atoms with Gasteiger partial charge in [-0.15, -0.1) is 0 Å². The van der Waals surface area contributed by atoms with Crippen molar-refractivity contribution in [1.29, 1.82) is 5.26 Å². The van der Waals surface area contributed by atoms with Crippen LogP contribution in [0.1, 0.15) is 18.1 Å². The van der Waals surface area contributed by atoms with Crippen molar-refractivity contribution < 1.29 is 0 Å². The van der Waals surface area contributed by atoms with E-state index in [2.05, 4.69) is 18.2 Å². The highest BCUT2D eigenvalue weighted by Gasteiger charge is 2.16. The van der Waals surface area contributed by atoms with Crippen molar-refractivity contribution in [3.8, 4) is 6.07 Å². The second-order valence-corrected chi connectivity index (χ2v) is 3.05. The summed E-state index contributed by atoms with van der Waals surface area (Å²) in [5.41, 5.74) is 4.59. The molecule has 0 unspecified atom stereocenters. The summed E-state index contributed by atoms with van der Waals surface area (Å²) in [6, 6.07) is 10.4. The number of nitrogens with zero attached hydrogens (tertiary/aromatic N) is 1. The SMILES string of the molecule is CC1=C(C#N)Cc2ccccc21. The number of hydrogen-bond acceptors (Lipinski definition) is 1. The fourth-order valence-electron chi connectivity index (χ4n) is 1.65. The zero-order chi connectivity index (χ0) is 8.55. The topological polar surface area (TPSA) is 23.8 Å². The molecule has 0 saturated heterocycles. The first kappa shape index (κ1) is 7.12. The minimum atomic E-state index is 0.818. The van der Waals surface area contributed by atoms with Gasteiger partial charge < -0.3 is 0 Å². The number of benzene rings is 1. The fourth-order valence-corrected chi connectivity index (χ4v) is 1.65. The van der Waals surface area contributed by atoms with Crippen LogP contribution in [-0.4, -0.2) is 0 Å². The quantitative estimate of drug-likeness (QED) is 0.564. The molecular formula is C11H9N. The third-order valence-corrected chi connectivity index (χ3v) is 2.38. The fraction of sp³-hybridized carbons (Fsp3) is 0.182. The van der Waals surface area contributed by atoms with Crippen molar-refractivity contribution in [2.45, 2.75) is 13.3 Å². The molecule has 0 fully saturated rings. The van der Waals surface area contributed by atoms with Gasteiger partial charge in [0.15, 0.2) is 0 Å². The van der Waals surface area contributed by atoms with Crippen molar-refractivity contribution in [2.24, 2.45) is 0 Å². The van der Waals surface area contributed by atoms with E-state index in [1.165, 1.54) is 11.1 Å². The van der Waals surface area contributed by atoms with Crippen LogP contribution in [0, 0.1) is 11.3 Å². The van der Waals surface area contributed by atoms with Crippen LogP contribution >= 0.6 is 0 Å². The van der Waals surface area contributed by atoms with E-state index < -0.39 is 0 Å². The molecule has 0 heterocycles. The molecule has 0 aliphatic heterocycles. The summed E-state index contributed by atoms with van der Waals surface area (Å²) in [5, 5.41) is 8.80. The molecule has 0 spiro atoms. The summed E-state index contributed by atoms with van der Waals surface area (Å²) >= 11 is 0. The van der Waals surface area contributed by atoms with E-state index in [4.69, 9.17) is 5.26 Å². The monoisotopic (exact) mass is 155 g/mol. The van der Waals surface area contributed by atoms with Gasteiger partial charge in [-0.25, -0.2) is 0 Å². The van der Waals surface area contributed by atoms with Gasteiger partial charge in [-0.1, -0.05) is 24.3 Å². The number of nitriles is 1. The van der Waals surface area contributed by atoms with E-state index in [1.54, 1.807) is 0 Å². The zero-order valence-corrected chi connectivity index (χ0v) is 6.96. The maximum absolute atomic E-state index is 8.80. The summed E-state index contributed by atoms with van der Waals surface area (Å²) in [5.74, 6) is 0. The van der Waals surface area contributed by atoms with Gasteiger partial charge in [-0.3, -0.25) is 0 Å². The van der Waals surface area contributed by atoms with Crippen LogP contribution in [0.2, 0.25) is 0 Å². The first-order chi connectivity index (χ1) is 5.83. The Kier molecular flexibility index (Phi) is 1.48. The molecule has 0 radical (unpaired) electrons. The van der Waals surface area contributed by atoms with Gasteiger partial charge in [0, 0.05) is 12.0 Å². The van der Waals surface area contributed by atoms with Crippen LogP contribution in [0.3, 0.4) is 0 Å². The molecule has 1 aliphatic rings. The highest BCUT2D eigenvalue weighted by atomic mass is 14.3. The first-order valence-corrected chi connectivity index (χ1v) is 4.01. The molecule has 1 aromatic carbocycles. The number of fused-ring (bicyclic) bond motifs is 1. The van der Waals surface area contributed by atoms with Crippen LogP contribution in [0.25, 0.3) is 5.57 Å². The molecule has 0 atom stereocenters. The van der Waals surface area contributed by atoms with Crippen LogP contribution in [0.5, 0.6) is 0 Å². The molecule has 0 bridgehead atoms. The predicted octanol–water partition coefficient (Wildman–Crippen LogP) is 2.54. The minimum absolute atomic E-state index is 0.818. The standard InChI is InChI=1S/C11H9N/c1-8-10(7-12)6-9-4-2-3-5-11(8)9/h2-5H,6H2,1H3. The molecule has 0 saturated carbocycles. The lowest BCUT2D eigenvalue weighted by Crippen LogP contribution is -1.80. The van der Waals surface area contributed by atoms with Crippen LogP contribution in [0.15, 0.2) is 29.8 Å². The number of hydrogen-bond donors (Lipinski definition) is 0. The normalized spacial score (nSPS) is 14.3. The largest absolute Gasteiger partial charge is 0.193 e. The van der Waals surface area contributed by atoms with Gasteiger partial charge >= 0.3 is 0 Å². The molecule has 0 amide bonds. The van der Waals surface area contributed by atoms with E-state index in [9.17, 15) is 0 Å². The maximum atomic E-state index is 8.80. The Bertz CT molecular complexity index is 394. The smallest absolute Gasteiger partial charge is 0.0953 e. The molecule has 1 aromatic rings. The van der Waals surface area contributed by atoms with Crippen molar-refractivity contribution in [3.63, 3.8) is 0 Å². The van der Waals surface area contributed by atoms with Crippen LogP contribution < -0.4 is 0 Å². The van der Waals surface area contributed by atoms with Gasteiger partial charge in [-0.2, -0.15) is 5.26 Å². The molecule has 0 aromatic heterocycles. The van der Waals surface area contributed by atoms with Gasteiger partial charge in [0.05, 0.1) is 6.07 Å². The first-order valence-electron chi connectivity index (χ1n) is 4.01. The Morgan fingerprint density at radius 2 is 2.08 bits per heavy atom. The van der Waals surface area contributed by atoms with E-state index >= 15 is 0 Å². The Morgan fingerprint density at radius 1 is 1.33 bits per heavy atom. The Hall–Kier alpha value is -1.55. The zero-order valence-electron chi connectivity index (χ0n) is 6.96. The van der Waals surface area contributed by atoms with Crippen molar-refractivity contribution in [3.05, 3.63) is 41.0 Å². The maximum Gasteiger partial charge on any atom is 0.0953 e. The number of allylic oxidation sites excluding steroid dienone is 2. The summed E-state index contributed by atoms with van der Waals surface area (Å²) < 4.78 is 0. The Labute approximate surface area is 72.0 Å². The lowest BCUT2D eigenvalue weighted by Gasteiger charge is -1.97. The molecule has 1 heteroatoms. The average molecular weight is 155 g/mol. The molecule has 58 valence electrons. The lowest BCUT2D eigenvalue weighted by molar-refractivity contribution is 1.24. The highest BCUT2D eigenvalue weighted by Crippen LogP contribution is 2.31. The molecule has 1 aliphatic carbocycles. The van der Waals surface area contributed by atoms with Gasteiger partial charge in [0.2, 0.25) is 0 Å². The van der Waals surface area contributed by atoms with Crippen LogP contribution in [-0.2, 0) is 6.42 Å². The van der Waals surface area contributed by atoms with E-state index in [-0.39, 0.29) is 0 Å². The van der Waals surface area contributed by atoms with E-state index in [1.807, 2.05) is 19.1 Å². The van der Waals surface area contributed by atoms with Gasteiger partial charge in [-0.05, 0) is 23.6 Å². The Morgan fingerprint density at radius 3 is 2.75 bits per heavy atom. The Balaban J connectivity index is 2.59. The van der Waals surface area contributed by atoms with E-state index in [0.717, 1.165) is 17.6 Å². The lowest BCUT2D eigenvalue weighted by atomic mass is 10.1. The summed E-state index contributed by atoms with van der Waals surface area (Å²) in [7, 11) is 0. The number of rotatable bonds is 0. The van der Waals surface area contributed by atoms with Crippen molar-refractivity contribution in [1.82, 2.24) is 0 Å². The highest BCUT2D eigenvalue weighted by molar-refractivity contribution is 5.77. The molecule has 0 N–H and O–H groups in total. The minimum Gasteiger partial charge on any atom is -0.193 e. The summed E-state index contributed by atoms with van der Waals surface area (Å²) in [4.78, 5) is 0. The molecule has 1 nitrogen and oxygen atoms in total.